The highest BCUT2D eigenvalue weighted by Gasteiger charge is 2.05. The number of nitriles is 1. The van der Waals surface area contributed by atoms with Gasteiger partial charge >= 0.3 is 0 Å². The zero-order valence-electron chi connectivity index (χ0n) is 8.96. The summed E-state index contributed by atoms with van der Waals surface area (Å²) in [5.74, 6) is 1.16. The van der Waals surface area contributed by atoms with Crippen LogP contribution in [-0.2, 0) is 0 Å². The van der Waals surface area contributed by atoms with Crippen LogP contribution in [0.4, 0.5) is 0 Å². The summed E-state index contributed by atoms with van der Waals surface area (Å²) in [6.45, 7) is 4.90. The fraction of sp³-hybridized carbons (Fsp3) is 0.417. The van der Waals surface area contributed by atoms with Gasteiger partial charge in [-0.3, -0.25) is 0 Å². The zero-order chi connectivity index (χ0) is 11.3. The molecule has 1 atom stereocenters. The lowest BCUT2D eigenvalue weighted by Crippen LogP contribution is -2.07. The second-order valence-corrected chi connectivity index (χ2v) is 3.99. The van der Waals surface area contributed by atoms with Gasteiger partial charge in [0.1, 0.15) is 5.75 Å². The molecule has 1 aromatic carbocycles. The SMILES string of the molecule is CCC(C)COc1ccc(C#N)cc1Cl. The van der Waals surface area contributed by atoms with Crippen molar-refractivity contribution in [3.63, 3.8) is 0 Å². The number of benzene rings is 1. The first-order valence-electron chi connectivity index (χ1n) is 4.99. The molecule has 0 amide bonds. The molecule has 0 radical (unpaired) electrons. The maximum absolute atomic E-state index is 8.66. The fourth-order valence-electron chi connectivity index (χ4n) is 1.04. The number of nitrogens with zero attached hydrogens (tertiary/aromatic N) is 1. The molecule has 2 nitrogen and oxygen atoms in total. The predicted octanol–water partition coefficient (Wildman–Crippen LogP) is 3.64. The predicted molar refractivity (Wildman–Crippen MR) is 61.1 cm³/mol. The van der Waals surface area contributed by atoms with E-state index in [9.17, 15) is 0 Å². The van der Waals surface area contributed by atoms with Gasteiger partial charge in [0.05, 0.1) is 23.3 Å². The van der Waals surface area contributed by atoms with Crippen LogP contribution in [0.1, 0.15) is 25.8 Å². The first-order valence-corrected chi connectivity index (χ1v) is 5.37. The molecule has 15 heavy (non-hydrogen) atoms. The van der Waals surface area contributed by atoms with Gasteiger partial charge in [-0.1, -0.05) is 31.9 Å². The van der Waals surface area contributed by atoms with Crippen molar-refractivity contribution in [3.05, 3.63) is 28.8 Å². The summed E-state index contributed by atoms with van der Waals surface area (Å²) >= 11 is 5.96. The molecule has 0 spiro atoms. The van der Waals surface area contributed by atoms with Crippen LogP contribution in [0.25, 0.3) is 0 Å². The molecule has 0 saturated carbocycles. The molecule has 0 aliphatic rings. The highest BCUT2D eigenvalue weighted by Crippen LogP contribution is 2.25. The van der Waals surface area contributed by atoms with E-state index in [0.717, 1.165) is 6.42 Å². The third-order valence-corrected chi connectivity index (χ3v) is 2.58. The minimum Gasteiger partial charge on any atom is -0.492 e. The number of rotatable bonds is 4. The monoisotopic (exact) mass is 223 g/mol. The first kappa shape index (κ1) is 11.9. The number of hydrogen-bond acceptors (Lipinski definition) is 2. The molecule has 1 unspecified atom stereocenters. The van der Waals surface area contributed by atoms with Gasteiger partial charge in [0, 0.05) is 0 Å². The Labute approximate surface area is 95.4 Å². The molecule has 0 saturated heterocycles. The topological polar surface area (TPSA) is 33.0 Å². The molecule has 0 N–H and O–H groups in total. The average molecular weight is 224 g/mol. The molecule has 1 rings (SSSR count). The summed E-state index contributed by atoms with van der Waals surface area (Å²) in [5.41, 5.74) is 0.552. The molecule has 80 valence electrons. The molecule has 0 aliphatic carbocycles. The quantitative estimate of drug-likeness (QED) is 0.781. The summed E-state index contributed by atoms with van der Waals surface area (Å²) in [5, 5.41) is 9.16. The van der Waals surface area contributed by atoms with Crippen LogP contribution < -0.4 is 4.74 Å². The summed E-state index contributed by atoms with van der Waals surface area (Å²) in [6, 6.07) is 7.10. The number of hydrogen-bond donors (Lipinski definition) is 0. The van der Waals surface area contributed by atoms with E-state index < -0.39 is 0 Å². The van der Waals surface area contributed by atoms with E-state index >= 15 is 0 Å². The van der Waals surface area contributed by atoms with Crippen molar-refractivity contribution in [3.8, 4) is 11.8 Å². The maximum atomic E-state index is 8.66. The van der Waals surface area contributed by atoms with Gasteiger partial charge in [0.2, 0.25) is 0 Å². The Balaban J connectivity index is 2.67. The van der Waals surface area contributed by atoms with Crippen molar-refractivity contribution in [2.24, 2.45) is 5.92 Å². The minimum absolute atomic E-state index is 0.498. The largest absolute Gasteiger partial charge is 0.492 e. The van der Waals surface area contributed by atoms with Crippen molar-refractivity contribution < 1.29 is 4.74 Å². The summed E-state index contributed by atoms with van der Waals surface area (Å²) in [4.78, 5) is 0. The molecular formula is C12H14ClNO. The van der Waals surface area contributed by atoms with Crippen molar-refractivity contribution in [2.75, 3.05) is 6.61 Å². The second-order valence-electron chi connectivity index (χ2n) is 3.58. The van der Waals surface area contributed by atoms with Crippen LogP contribution in [0.15, 0.2) is 18.2 Å². The number of halogens is 1. The van der Waals surface area contributed by atoms with E-state index in [1.165, 1.54) is 0 Å². The van der Waals surface area contributed by atoms with Gasteiger partial charge in [-0.2, -0.15) is 5.26 Å². The standard InChI is InChI=1S/C12H14ClNO/c1-3-9(2)8-15-12-5-4-10(7-14)6-11(12)13/h4-6,9H,3,8H2,1-2H3. The molecule has 0 aliphatic heterocycles. The Morgan fingerprint density at radius 1 is 1.53 bits per heavy atom. The summed E-state index contributed by atoms with van der Waals surface area (Å²) in [6.07, 6.45) is 1.08. The van der Waals surface area contributed by atoms with Gasteiger partial charge in [-0.05, 0) is 24.1 Å². The first-order chi connectivity index (χ1) is 7.17. The fourth-order valence-corrected chi connectivity index (χ4v) is 1.27. The molecule has 0 fully saturated rings. The average Bonchev–Trinajstić information content (AvgIpc) is 2.26. The number of ether oxygens (including phenoxy) is 1. The van der Waals surface area contributed by atoms with Crippen molar-refractivity contribution in [2.45, 2.75) is 20.3 Å². The maximum Gasteiger partial charge on any atom is 0.137 e. The Kier molecular flexibility index (Phi) is 4.45. The van der Waals surface area contributed by atoms with Crippen LogP contribution in [0.2, 0.25) is 5.02 Å². The smallest absolute Gasteiger partial charge is 0.137 e. The third-order valence-electron chi connectivity index (χ3n) is 2.28. The van der Waals surface area contributed by atoms with Gasteiger partial charge in [0.15, 0.2) is 0 Å². The highest BCUT2D eigenvalue weighted by atomic mass is 35.5. The van der Waals surface area contributed by atoms with Gasteiger partial charge in [-0.25, -0.2) is 0 Å². The van der Waals surface area contributed by atoms with Crippen molar-refractivity contribution in [1.29, 1.82) is 5.26 Å². The third kappa shape index (κ3) is 3.45. The molecule has 0 bridgehead atoms. The van der Waals surface area contributed by atoms with E-state index in [1.54, 1.807) is 18.2 Å². The Morgan fingerprint density at radius 2 is 2.27 bits per heavy atom. The van der Waals surface area contributed by atoms with Crippen molar-refractivity contribution >= 4 is 11.6 Å². The van der Waals surface area contributed by atoms with E-state index in [1.807, 2.05) is 6.07 Å². The lowest BCUT2D eigenvalue weighted by molar-refractivity contribution is 0.257. The highest BCUT2D eigenvalue weighted by molar-refractivity contribution is 6.32. The summed E-state index contributed by atoms with van der Waals surface area (Å²) in [7, 11) is 0. The van der Waals surface area contributed by atoms with E-state index in [-0.39, 0.29) is 0 Å². The van der Waals surface area contributed by atoms with Crippen LogP contribution in [0.5, 0.6) is 5.75 Å². The zero-order valence-corrected chi connectivity index (χ0v) is 9.71. The van der Waals surface area contributed by atoms with Crippen LogP contribution in [0.3, 0.4) is 0 Å². The van der Waals surface area contributed by atoms with Crippen LogP contribution >= 0.6 is 11.6 Å². The van der Waals surface area contributed by atoms with Crippen LogP contribution in [0, 0.1) is 17.2 Å². The van der Waals surface area contributed by atoms with Gasteiger partial charge in [0.25, 0.3) is 0 Å². The van der Waals surface area contributed by atoms with Gasteiger partial charge in [-0.15, -0.1) is 0 Å². The Hall–Kier alpha value is -1.20. The molecule has 0 heterocycles. The summed E-state index contributed by atoms with van der Waals surface area (Å²) < 4.78 is 5.55. The Morgan fingerprint density at radius 3 is 2.80 bits per heavy atom. The van der Waals surface area contributed by atoms with E-state index in [4.69, 9.17) is 21.6 Å². The van der Waals surface area contributed by atoms with Gasteiger partial charge < -0.3 is 4.74 Å². The molecule has 1 aromatic rings. The normalized spacial score (nSPS) is 11.9. The molecule has 0 aromatic heterocycles. The minimum atomic E-state index is 0.498. The lowest BCUT2D eigenvalue weighted by atomic mass is 10.1. The van der Waals surface area contributed by atoms with Crippen molar-refractivity contribution in [1.82, 2.24) is 0 Å². The lowest BCUT2D eigenvalue weighted by Gasteiger charge is -2.11. The second kappa shape index (κ2) is 5.63. The molecule has 3 heteroatoms. The van der Waals surface area contributed by atoms with E-state index in [2.05, 4.69) is 13.8 Å². The molecular weight excluding hydrogens is 210 g/mol. The Bertz CT molecular complexity index is 370. The van der Waals surface area contributed by atoms with E-state index in [0.29, 0.717) is 28.9 Å². The van der Waals surface area contributed by atoms with Crippen LogP contribution in [-0.4, -0.2) is 6.61 Å².